The van der Waals surface area contributed by atoms with Crippen molar-refractivity contribution < 1.29 is 57.8 Å². The average molecular weight is 1180 g/mol. The molecule has 20 N–H and O–H groups in total. The number of nitrogens with one attached hydrogen (secondary N) is 9. The zero-order valence-electron chi connectivity index (χ0n) is 47.5. The van der Waals surface area contributed by atoms with Crippen LogP contribution < -0.4 is 76.5 Å². The second-order valence-corrected chi connectivity index (χ2v) is 22.4. The molecule has 81 heavy (non-hydrogen) atoms. The molecule has 0 bridgehead atoms. The quantitative estimate of drug-likeness (QED) is 0.0313. The van der Waals surface area contributed by atoms with Crippen molar-refractivity contribution >= 4 is 100 Å². The number of carboxylic acid groups (broad SMARTS) is 1. The number of nitrogens with zero attached hydrogens (tertiary/aromatic N) is 3. The number of hydrogen-bond donors (Lipinski definition) is 15. The summed E-state index contributed by atoms with van der Waals surface area (Å²) in [6.07, 6.45) is 3.31. The number of hydrogen-bond acceptors (Lipinski definition) is 16. The number of rotatable bonds is 20. The highest BCUT2D eigenvalue weighted by Crippen LogP contribution is 2.21. The standard InChI is InChI=1S/C50H89N17O12S2/c1-7-28(4)40-47(78)64-34(23-38(70)71)41(72)58-24-36(68)61-33(15-11-20-57-50(54)55)48(79)67-21-12-16-35(67)45(76)62-32(17-22-80-6)42(73)59-29(5)25-81-26-37(69)60-30(14-10-19-56-49(52)53)43(74)65-39(27(2)3)46(77)63-31(44(75)66-40)13-8-9-18-51/h27-35,39-40H,7-26,51H2,1-6H3,(H,58,72)(H,59,73)(H,60,69)(H,61,68)(H,62,76)(H,63,77)(H,64,78)(H,65,74)(H,66,75)(H,70,71)(H4,52,53,56)(H4,54,55,57)/t28?,29-,30+,31+,32+,33+,34?,35?,39+,40+/m1/s1. The summed E-state index contributed by atoms with van der Waals surface area (Å²) in [5.74, 6) is -10.1. The molecule has 0 radical (unpaired) electrons. The smallest absolute Gasteiger partial charge is 0.305 e. The first-order chi connectivity index (χ1) is 38.3. The Morgan fingerprint density at radius 1 is 0.667 bits per heavy atom. The molecule has 3 unspecified atom stereocenters. The lowest BCUT2D eigenvalue weighted by atomic mass is 9.96. The maximum atomic E-state index is 14.3. The van der Waals surface area contributed by atoms with Crippen molar-refractivity contribution in [3.05, 3.63) is 0 Å². The lowest BCUT2D eigenvalue weighted by molar-refractivity contribution is -0.142. The van der Waals surface area contributed by atoms with Crippen LogP contribution in [0.25, 0.3) is 0 Å². The Bertz CT molecular complexity index is 2200. The molecule has 0 aromatic carbocycles. The molecule has 31 heteroatoms. The Kier molecular flexibility index (Phi) is 32.5. The highest BCUT2D eigenvalue weighted by molar-refractivity contribution is 8.00. The third-order valence-electron chi connectivity index (χ3n) is 13.3. The van der Waals surface area contributed by atoms with Crippen LogP contribution in [0, 0.1) is 11.8 Å². The molecule has 0 spiro atoms. The van der Waals surface area contributed by atoms with Crippen LogP contribution in [-0.2, 0) is 52.7 Å². The largest absolute Gasteiger partial charge is 0.481 e. The summed E-state index contributed by atoms with van der Waals surface area (Å²) in [7, 11) is 0. The van der Waals surface area contributed by atoms with Crippen LogP contribution in [0.2, 0.25) is 0 Å². The molecule has 2 aliphatic heterocycles. The number of aliphatic carboxylic acids is 1. The number of unbranched alkanes of at least 4 members (excludes halogenated alkanes) is 1. The highest BCUT2D eigenvalue weighted by atomic mass is 32.2. The van der Waals surface area contributed by atoms with Gasteiger partial charge in [-0.05, 0) is 102 Å². The van der Waals surface area contributed by atoms with Gasteiger partial charge in [0.1, 0.15) is 48.3 Å². The van der Waals surface area contributed by atoms with Gasteiger partial charge in [-0.3, -0.25) is 62.7 Å². The van der Waals surface area contributed by atoms with E-state index in [0.717, 1.165) is 11.8 Å². The SMILES string of the molecule is CCC(C)[C@@H]1NC(=O)[C@H](CCCCN)NC(=O)[C@H](C(C)C)NC(=O)[C@H](CCCN=C(N)N)NC(=O)CSC[C@@H](C)NC(=O)[C@H](CCSC)NC(=O)C2CCCN2C(=O)[C@H](CCCN=C(N)N)NC(=O)CNC(=O)C(CC(=O)O)NC1=O. The van der Waals surface area contributed by atoms with Crippen LogP contribution in [0.3, 0.4) is 0 Å². The summed E-state index contributed by atoms with van der Waals surface area (Å²) < 4.78 is 0. The molecular weight excluding hydrogens is 1090 g/mol. The summed E-state index contributed by atoms with van der Waals surface area (Å²) in [6, 6.07) is -10.8. The Hall–Kier alpha value is -6.63. The first-order valence-corrected chi connectivity index (χ1v) is 30.0. The van der Waals surface area contributed by atoms with Crippen LogP contribution in [0.1, 0.15) is 112 Å². The van der Waals surface area contributed by atoms with Gasteiger partial charge >= 0.3 is 5.97 Å². The number of carboxylic acids is 1. The molecule has 10 atom stereocenters. The van der Waals surface area contributed by atoms with Gasteiger partial charge in [0.15, 0.2) is 11.9 Å². The molecule has 10 amide bonds. The van der Waals surface area contributed by atoms with Crippen LogP contribution in [0.15, 0.2) is 9.98 Å². The Morgan fingerprint density at radius 2 is 1.20 bits per heavy atom. The molecule has 29 nitrogen and oxygen atoms in total. The molecule has 0 saturated carbocycles. The van der Waals surface area contributed by atoms with Crippen LogP contribution in [-0.4, -0.2) is 198 Å². The van der Waals surface area contributed by atoms with Gasteiger partial charge in [0.05, 0.1) is 18.7 Å². The van der Waals surface area contributed by atoms with E-state index in [1.165, 1.54) is 16.7 Å². The molecular formula is C50H89N17O12S2. The van der Waals surface area contributed by atoms with Crippen molar-refractivity contribution in [2.75, 3.05) is 56.2 Å². The fraction of sp³-hybridized carbons (Fsp3) is 0.740. The maximum absolute atomic E-state index is 14.3. The van der Waals surface area contributed by atoms with Crippen LogP contribution in [0.4, 0.5) is 0 Å². The van der Waals surface area contributed by atoms with Crippen molar-refractivity contribution in [2.45, 2.75) is 166 Å². The number of amides is 10. The van der Waals surface area contributed by atoms with E-state index in [4.69, 9.17) is 28.7 Å². The molecule has 0 aromatic heterocycles. The normalized spacial score (nSPS) is 25.5. The highest BCUT2D eigenvalue weighted by Gasteiger charge is 2.40. The Morgan fingerprint density at radius 3 is 1.78 bits per heavy atom. The van der Waals surface area contributed by atoms with Gasteiger partial charge in [-0.25, -0.2) is 0 Å². The molecule has 2 aliphatic rings. The zero-order chi connectivity index (χ0) is 60.8. The Labute approximate surface area is 482 Å². The van der Waals surface area contributed by atoms with E-state index < -0.39 is 144 Å². The van der Waals surface area contributed by atoms with Gasteiger partial charge in [0.2, 0.25) is 59.1 Å². The zero-order valence-corrected chi connectivity index (χ0v) is 49.1. The van der Waals surface area contributed by atoms with E-state index in [0.29, 0.717) is 31.4 Å². The van der Waals surface area contributed by atoms with Gasteiger partial charge in [-0.1, -0.05) is 34.1 Å². The van der Waals surface area contributed by atoms with Gasteiger partial charge in [0, 0.05) is 31.4 Å². The first kappa shape index (κ1) is 70.5. The van der Waals surface area contributed by atoms with Crippen LogP contribution in [0.5, 0.6) is 0 Å². The van der Waals surface area contributed by atoms with Crippen molar-refractivity contribution in [1.82, 2.24) is 52.8 Å². The second kappa shape index (κ2) is 37.4. The van der Waals surface area contributed by atoms with E-state index in [-0.39, 0.29) is 94.5 Å². The molecule has 458 valence electrons. The number of fused-ring (bicyclic) bond motifs is 1. The van der Waals surface area contributed by atoms with Crippen LogP contribution >= 0.6 is 23.5 Å². The fourth-order valence-electron chi connectivity index (χ4n) is 8.71. The minimum atomic E-state index is -1.79. The number of guanidine groups is 2. The number of thioether (sulfide) groups is 2. The summed E-state index contributed by atoms with van der Waals surface area (Å²) in [6.45, 7) is 8.14. The predicted octanol–water partition coefficient (Wildman–Crippen LogP) is -4.10. The molecule has 2 heterocycles. The minimum Gasteiger partial charge on any atom is -0.481 e. The van der Waals surface area contributed by atoms with Gasteiger partial charge in [-0.15, -0.1) is 11.8 Å². The van der Waals surface area contributed by atoms with E-state index >= 15 is 0 Å². The predicted molar refractivity (Wildman–Crippen MR) is 308 cm³/mol. The third kappa shape index (κ3) is 26.2. The minimum absolute atomic E-state index is 0.0248. The van der Waals surface area contributed by atoms with E-state index in [2.05, 4.69) is 57.8 Å². The van der Waals surface area contributed by atoms with Gasteiger partial charge in [0.25, 0.3) is 0 Å². The summed E-state index contributed by atoms with van der Waals surface area (Å²) in [5.41, 5.74) is 27.8. The first-order valence-electron chi connectivity index (χ1n) is 27.4. The summed E-state index contributed by atoms with van der Waals surface area (Å²) in [4.78, 5) is 161. The molecule has 2 fully saturated rings. The van der Waals surface area contributed by atoms with Gasteiger partial charge < -0.3 is 86.5 Å². The topological polar surface area (TPSA) is 474 Å². The fourth-order valence-corrected chi connectivity index (χ4v) is 10.0. The summed E-state index contributed by atoms with van der Waals surface area (Å²) in [5, 5.41) is 33.7. The van der Waals surface area contributed by atoms with E-state index in [1.807, 2.05) is 6.26 Å². The monoisotopic (exact) mass is 1180 g/mol. The van der Waals surface area contributed by atoms with Crippen molar-refractivity contribution in [3.63, 3.8) is 0 Å². The molecule has 0 aromatic rings. The van der Waals surface area contributed by atoms with Crippen molar-refractivity contribution in [1.29, 1.82) is 0 Å². The summed E-state index contributed by atoms with van der Waals surface area (Å²) >= 11 is 2.61. The number of carbonyl (C=O) groups is 11. The van der Waals surface area contributed by atoms with E-state index in [9.17, 15) is 57.8 Å². The molecule has 0 aliphatic carbocycles. The molecule has 2 rings (SSSR count). The van der Waals surface area contributed by atoms with Crippen molar-refractivity contribution in [2.24, 2.45) is 50.5 Å². The number of carbonyl (C=O) groups excluding carboxylic acids is 10. The lowest BCUT2D eigenvalue weighted by Crippen LogP contribution is -2.61. The lowest BCUT2D eigenvalue weighted by Gasteiger charge is -2.30. The Balaban J connectivity index is 2.68. The maximum Gasteiger partial charge on any atom is 0.305 e. The molecule has 2 saturated heterocycles. The average Bonchev–Trinajstić information content (AvgIpc) is 3.90. The van der Waals surface area contributed by atoms with E-state index in [1.54, 1.807) is 34.6 Å². The number of aliphatic imine (C=N–C) groups is 2. The third-order valence-corrected chi connectivity index (χ3v) is 15.1. The van der Waals surface area contributed by atoms with Gasteiger partial charge in [-0.2, -0.15) is 11.8 Å². The second-order valence-electron chi connectivity index (χ2n) is 20.4. The number of nitrogens with two attached hydrogens (primary N) is 5. The van der Waals surface area contributed by atoms with Crippen molar-refractivity contribution in [3.8, 4) is 0 Å².